The molecule has 116 valence electrons. The molecule has 2 heterocycles. The molecule has 1 saturated heterocycles. The number of rotatable bonds is 4. The van der Waals surface area contributed by atoms with Crippen LogP contribution in [0.25, 0.3) is 0 Å². The molecule has 1 N–H and O–H groups in total. The summed E-state index contributed by atoms with van der Waals surface area (Å²) in [7, 11) is 2.06. The second-order valence-electron chi connectivity index (χ2n) is 5.35. The molecule has 2 rings (SSSR count). The Bertz CT molecular complexity index is 508. The summed E-state index contributed by atoms with van der Waals surface area (Å²) in [5, 5.41) is 2.84. The Hall–Kier alpha value is -1.69. The molecule has 21 heavy (non-hydrogen) atoms. The molecule has 0 aliphatic carbocycles. The molecular formula is C15H23FN4O. The minimum Gasteiger partial charge on any atom is -0.368 e. The van der Waals surface area contributed by atoms with Crippen molar-refractivity contribution in [2.45, 2.75) is 26.3 Å². The van der Waals surface area contributed by atoms with E-state index in [-0.39, 0.29) is 17.3 Å². The summed E-state index contributed by atoms with van der Waals surface area (Å²) in [6.07, 6.45) is 2.45. The minimum absolute atomic E-state index is 0.0976. The van der Waals surface area contributed by atoms with Crippen molar-refractivity contribution >= 4 is 11.7 Å². The van der Waals surface area contributed by atoms with Crippen LogP contribution in [0.4, 0.5) is 10.2 Å². The van der Waals surface area contributed by atoms with Crippen molar-refractivity contribution in [1.82, 2.24) is 14.8 Å². The number of nitrogens with one attached hydrogen (secondary N) is 1. The van der Waals surface area contributed by atoms with Crippen LogP contribution >= 0.6 is 0 Å². The number of aromatic nitrogens is 1. The van der Waals surface area contributed by atoms with Gasteiger partial charge >= 0.3 is 0 Å². The molecule has 1 unspecified atom stereocenters. The van der Waals surface area contributed by atoms with Gasteiger partial charge in [0.2, 0.25) is 0 Å². The van der Waals surface area contributed by atoms with Crippen molar-refractivity contribution in [2.75, 3.05) is 38.5 Å². The summed E-state index contributed by atoms with van der Waals surface area (Å²) in [5.41, 5.74) is 0.0976. The fourth-order valence-corrected chi connectivity index (χ4v) is 2.64. The average molecular weight is 294 g/mol. The molecule has 0 aromatic carbocycles. The van der Waals surface area contributed by atoms with Gasteiger partial charge in [-0.05, 0) is 26.5 Å². The van der Waals surface area contributed by atoms with Gasteiger partial charge in [0, 0.05) is 38.4 Å². The molecule has 6 heteroatoms. The maximum atomic E-state index is 14.3. The number of likely N-dealkylation sites (N-methyl/N-ethyl adjacent to an activating group) is 1. The normalized spacial score (nSPS) is 19.6. The van der Waals surface area contributed by atoms with Crippen LogP contribution in [-0.2, 0) is 0 Å². The minimum atomic E-state index is -0.559. The summed E-state index contributed by atoms with van der Waals surface area (Å²) >= 11 is 0. The summed E-state index contributed by atoms with van der Waals surface area (Å²) in [6.45, 7) is 6.62. The zero-order valence-electron chi connectivity index (χ0n) is 12.9. The summed E-state index contributed by atoms with van der Waals surface area (Å²) in [5.74, 6) is -0.665. The van der Waals surface area contributed by atoms with Crippen LogP contribution in [0.1, 0.15) is 30.6 Å². The Morgan fingerprint density at radius 2 is 2.24 bits per heavy atom. The second-order valence-corrected chi connectivity index (χ2v) is 5.35. The highest BCUT2D eigenvalue weighted by atomic mass is 19.1. The first kappa shape index (κ1) is 15.7. The smallest absolute Gasteiger partial charge is 0.257 e. The lowest BCUT2D eigenvalue weighted by Gasteiger charge is -2.39. The lowest BCUT2D eigenvalue weighted by Crippen LogP contribution is -2.53. The van der Waals surface area contributed by atoms with Gasteiger partial charge in [0.25, 0.3) is 5.91 Å². The van der Waals surface area contributed by atoms with E-state index in [9.17, 15) is 9.18 Å². The van der Waals surface area contributed by atoms with Crippen LogP contribution in [0.5, 0.6) is 0 Å². The van der Waals surface area contributed by atoms with E-state index in [1.807, 2.05) is 6.92 Å². The van der Waals surface area contributed by atoms with E-state index < -0.39 is 5.82 Å². The predicted octanol–water partition coefficient (Wildman–Crippen LogP) is 1.82. The maximum Gasteiger partial charge on any atom is 0.257 e. The highest BCUT2D eigenvalue weighted by Gasteiger charge is 2.28. The highest BCUT2D eigenvalue weighted by molar-refractivity contribution is 5.95. The number of hydrogen-bond acceptors (Lipinski definition) is 4. The van der Waals surface area contributed by atoms with E-state index in [1.54, 1.807) is 4.90 Å². The quantitative estimate of drug-likeness (QED) is 0.920. The van der Waals surface area contributed by atoms with Crippen LogP contribution in [0, 0.1) is 5.82 Å². The lowest BCUT2D eigenvalue weighted by atomic mass is 10.1. The van der Waals surface area contributed by atoms with Gasteiger partial charge in [-0.2, -0.15) is 0 Å². The van der Waals surface area contributed by atoms with E-state index >= 15 is 0 Å². The molecule has 1 aliphatic heterocycles. The van der Waals surface area contributed by atoms with Gasteiger partial charge < -0.3 is 10.2 Å². The molecule has 0 saturated carbocycles. The third-order valence-electron chi connectivity index (χ3n) is 4.00. The molecule has 1 aliphatic rings. The van der Waals surface area contributed by atoms with Gasteiger partial charge in [0.15, 0.2) is 11.6 Å². The van der Waals surface area contributed by atoms with Crippen molar-refractivity contribution in [3.8, 4) is 0 Å². The van der Waals surface area contributed by atoms with E-state index in [0.29, 0.717) is 25.7 Å². The van der Waals surface area contributed by atoms with E-state index in [2.05, 4.69) is 29.2 Å². The molecule has 0 bridgehead atoms. The van der Waals surface area contributed by atoms with E-state index in [4.69, 9.17) is 0 Å². The second kappa shape index (κ2) is 6.85. The molecule has 1 fully saturated rings. The van der Waals surface area contributed by atoms with Crippen molar-refractivity contribution in [3.63, 3.8) is 0 Å². The molecule has 1 amide bonds. The van der Waals surface area contributed by atoms with Crippen molar-refractivity contribution in [1.29, 1.82) is 0 Å². The first-order chi connectivity index (χ1) is 10.1. The van der Waals surface area contributed by atoms with Crippen LogP contribution in [0.15, 0.2) is 12.3 Å². The standard InChI is InChI=1S/C15H23FN4O/c1-4-11-10-20(9-8-19(11)3)15(21)12-6-7-18-14(13(12)16)17-5-2/h6-7,11H,4-5,8-10H2,1-3H3,(H,17,18). The van der Waals surface area contributed by atoms with Crippen LogP contribution in [-0.4, -0.2) is 60.0 Å². The fraction of sp³-hybridized carbons (Fsp3) is 0.600. The topological polar surface area (TPSA) is 48.5 Å². The first-order valence-electron chi connectivity index (χ1n) is 7.46. The molecule has 0 radical (unpaired) electrons. The molecular weight excluding hydrogens is 271 g/mol. The van der Waals surface area contributed by atoms with Gasteiger partial charge in [0.05, 0.1) is 5.56 Å². The van der Waals surface area contributed by atoms with Gasteiger partial charge in [-0.15, -0.1) is 0 Å². The number of halogens is 1. The Morgan fingerprint density at radius 3 is 2.90 bits per heavy atom. The van der Waals surface area contributed by atoms with Gasteiger partial charge in [-0.1, -0.05) is 6.92 Å². The molecule has 1 aromatic rings. The fourth-order valence-electron chi connectivity index (χ4n) is 2.64. The van der Waals surface area contributed by atoms with E-state index in [0.717, 1.165) is 13.0 Å². The van der Waals surface area contributed by atoms with Crippen molar-refractivity contribution in [2.24, 2.45) is 0 Å². The number of nitrogens with zero attached hydrogens (tertiary/aromatic N) is 3. The van der Waals surface area contributed by atoms with Gasteiger partial charge in [0.1, 0.15) is 0 Å². The van der Waals surface area contributed by atoms with Crippen LogP contribution in [0.2, 0.25) is 0 Å². The van der Waals surface area contributed by atoms with Crippen LogP contribution in [0.3, 0.4) is 0 Å². The molecule has 5 nitrogen and oxygen atoms in total. The monoisotopic (exact) mass is 294 g/mol. The lowest BCUT2D eigenvalue weighted by molar-refractivity contribution is 0.0537. The van der Waals surface area contributed by atoms with Crippen molar-refractivity contribution in [3.05, 3.63) is 23.6 Å². The molecule has 1 atom stereocenters. The number of pyridine rings is 1. The SMILES string of the molecule is CCNc1nccc(C(=O)N2CCN(C)C(CC)C2)c1F. The third kappa shape index (κ3) is 3.32. The van der Waals surface area contributed by atoms with Crippen LogP contribution < -0.4 is 5.32 Å². The number of anilines is 1. The predicted molar refractivity (Wildman–Crippen MR) is 81.0 cm³/mol. The van der Waals surface area contributed by atoms with Crippen molar-refractivity contribution < 1.29 is 9.18 Å². The first-order valence-corrected chi connectivity index (χ1v) is 7.46. The third-order valence-corrected chi connectivity index (χ3v) is 4.00. The summed E-state index contributed by atoms with van der Waals surface area (Å²) in [6, 6.07) is 1.79. The molecule has 1 aromatic heterocycles. The highest BCUT2D eigenvalue weighted by Crippen LogP contribution is 2.19. The largest absolute Gasteiger partial charge is 0.368 e. The number of hydrogen-bond donors (Lipinski definition) is 1. The Morgan fingerprint density at radius 1 is 1.48 bits per heavy atom. The summed E-state index contributed by atoms with van der Waals surface area (Å²) < 4.78 is 14.3. The van der Waals surface area contributed by atoms with Gasteiger partial charge in [-0.3, -0.25) is 9.69 Å². The Balaban J connectivity index is 2.18. The number of amides is 1. The maximum absolute atomic E-state index is 14.3. The zero-order chi connectivity index (χ0) is 15.4. The number of carbonyl (C=O) groups is 1. The van der Waals surface area contributed by atoms with E-state index in [1.165, 1.54) is 12.3 Å². The average Bonchev–Trinajstić information content (AvgIpc) is 2.49. The summed E-state index contributed by atoms with van der Waals surface area (Å²) in [4.78, 5) is 20.5. The number of carbonyl (C=O) groups excluding carboxylic acids is 1. The Labute approximate surface area is 125 Å². The zero-order valence-corrected chi connectivity index (χ0v) is 12.9. The number of piperazine rings is 1. The van der Waals surface area contributed by atoms with Gasteiger partial charge in [-0.25, -0.2) is 9.37 Å². The Kier molecular flexibility index (Phi) is 5.12. The molecule has 0 spiro atoms.